The molecule has 1 aliphatic rings. The van der Waals surface area contributed by atoms with Crippen LogP contribution in [0.5, 0.6) is 5.75 Å². The number of pyridine rings is 1. The number of fused-ring (bicyclic) bond motifs is 1. The minimum atomic E-state index is -0.0406. The summed E-state index contributed by atoms with van der Waals surface area (Å²) >= 11 is 0. The standard InChI is InChI=1S/C39H41N3O/c1-39(2,3)37-28-36(34-19-10-11-20-35(34)41-37)40-32-17-12-18-33(27-32)43-26-25-42-23-21-31(22-24-42)38(29-13-6-4-7-14-29)30-15-8-5-9-16-30/h4-20,27-28H,21-26H2,1-3H3,(H,40,41). The normalized spacial score (nSPS) is 14.1. The van der Waals surface area contributed by atoms with Gasteiger partial charge in [0.2, 0.25) is 0 Å². The minimum Gasteiger partial charge on any atom is -0.492 e. The largest absolute Gasteiger partial charge is 0.492 e. The first-order chi connectivity index (χ1) is 20.9. The third kappa shape index (κ3) is 6.98. The van der Waals surface area contributed by atoms with Crippen LogP contribution in [0.25, 0.3) is 16.5 Å². The third-order valence-electron chi connectivity index (χ3n) is 8.21. The van der Waals surface area contributed by atoms with Crippen molar-refractivity contribution in [1.82, 2.24) is 9.88 Å². The molecule has 0 amide bonds. The zero-order valence-corrected chi connectivity index (χ0v) is 25.5. The van der Waals surface area contributed by atoms with Gasteiger partial charge in [-0.1, -0.05) is 111 Å². The number of hydrogen-bond acceptors (Lipinski definition) is 4. The van der Waals surface area contributed by atoms with Gasteiger partial charge in [0, 0.05) is 53.6 Å². The van der Waals surface area contributed by atoms with Crippen LogP contribution in [0.15, 0.2) is 121 Å². The number of rotatable bonds is 8. The molecule has 0 radical (unpaired) electrons. The van der Waals surface area contributed by atoms with Crippen LogP contribution in [0.1, 0.15) is 50.4 Å². The van der Waals surface area contributed by atoms with E-state index in [4.69, 9.17) is 9.72 Å². The van der Waals surface area contributed by atoms with Crippen molar-refractivity contribution in [3.05, 3.63) is 138 Å². The summed E-state index contributed by atoms with van der Waals surface area (Å²) in [6.07, 6.45) is 2.16. The molecule has 5 aromatic rings. The highest BCUT2D eigenvalue weighted by molar-refractivity contribution is 5.93. The van der Waals surface area contributed by atoms with Gasteiger partial charge in [-0.15, -0.1) is 0 Å². The summed E-state index contributed by atoms with van der Waals surface area (Å²) in [5.41, 5.74) is 9.67. The number of hydrogen-bond donors (Lipinski definition) is 1. The van der Waals surface area contributed by atoms with E-state index in [0.717, 1.165) is 66.2 Å². The number of likely N-dealkylation sites (tertiary alicyclic amines) is 1. The number of anilines is 2. The van der Waals surface area contributed by atoms with Crippen LogP contribution >= 0.6 is 0 Å². The van der Waals surface area contributed by atoms with Gasteiger partial charge < -0.3 is 10.1 Å². The molecule has 1 fully saturated rings. The lowest BCUT2D eigenvalue weighted by atomic mass is 9.88. The topological polar surface area (TPSA) is 37.4 Å². The number of aromatic nitrogens is 1. The molecule has 43 heavy (non-hydrogen) atoms. The van der Waals surface area contributed by atoms with Crippen LogP contribution in [-0.4, -0.2) is 36.1 Å². The average Bonchev–Trinajstić information content (AvgIpc) is 3.03. The molecule has 1 aromatic heterocycles. The summed E-state index contributed by atoms with van der Waals surface area (Å²) in [5, 5.41) is 4.76. The molecule has 6 rings (SSSR count). The van der Waals surface area contributed by atoms with Gasteiger partial charge in [-0.3, -0.25) is 9.88 Å². The van der Waals surface area contributed by atoms with Gasteiger partial charge >= 0.3 is 0 Å². The van der Waals surface area contributed by atoms with E-state index in [1.54, 1.807) is 5.57 Å². The zero-order valence-electron chi connectivity index (χ0n) is 25.5. The van der Waals surface area contributed by atoms with Crippen molar-refractivity contribution in [3.8, 4) is 5.75 Å². The summed E-state index contributed by atoms with van der Waals surface area (Å²) in [7, 11) is 0. The predicted molar refractivity (Wildman–Crippen MR) is 180 cm³/mol. The van der Waals surface area contributed by atoms with E-state index < -0.39 is 0 Å². The highest BCUT2D eigenvalue weighted by Gasteiger charge is 2.20. The lowest BCUT2D eigenvalue weighted by Crippen LogP contribution is -2.34. The number of ether oxygens (including phenoxy) is 1. The zero-order chi connectivity index (χ0) is 29.6. The van der Waals surface area contributed by atoms with Crippen molar-refractivity contribution >= 4 is 27.9 Å². The van der Waals surface area contributed by atoms with Gasteiger partial charge in [-0.2, -0.15) is 0 Å². The number of para-hydroxylation sites is 1. The van der Waals surface area contributed by atoms with E-state index in [2.05, 4.69) is 134 Å². The number of piperidine rings is 1. The minimum absolute atomic E-state index is 0.0406. The van der Waals surface area contributed by atoms with Crippen molar-refractivity contribution in [3.63, 3.8) is 0 Å². The molecule has 0 spiro atoms. The van der Waals surface area contributed by atoms with E-state index in [0.29, 0.717) is 6.61 Å². The van der Waals surface area contributed by atoms with Crippen LogP contribution < -0.4 is 10.1 Å². The highest BCUT2D eigenvalue weighted by atomic mass is 16.5. The van der Waals surface area contributed by atoms with Crippen LogP contribution in [-0.2, 0) is 5.41 Å². The Morgan fingerprint density at radius 3 is 2.09 bits per heavy atom. The maximum atomic E-state index is 6.26. The molecule has 4 aromatic carbocycles. The van der Waals surface area contributed by atoms with E-state index in [1.165, 1.54) is 16.7 Å². The van der Waals surface area contributed by atoms with Crippen LogP contribution in [0.2, 0.25) is 0 Å². The molecule has 1 saturated heterocycles. The Kier molecular flexibility index (Phi) is 8.57. The molecule has 0 atom stereocenters. The average molecular weight is 568 g/mol. The summed E-state index contributed by atoms with van der Waals surface area (Å²) in [6.45, 7) is 10.3. The number of nitrogens with one attached hydrogen (secondary N) is 1. The lowest BCUT2D eigenvalue weighted by Gasteiger charge is -2.30. The summed E-state index contributed by atoms with van der Waals surface area (Å²) in [4.78, 5) is 7.45. The van der Waals surface area contributed by atoms with Gasteiger partial charge in [0.1, 0.15) is 12.4 Å². The molecule has 0 unspecified atom stereocenters. The molecular formula is C39H41N3O. The summed E-state index contributed by atoms with van der Waals surface area (Å²) < 4.78 is 6.26. The lowest BCUT2D eigenvalue weighted by molar-refractivity contribution is 0.199. The Morgan fingerprint density at radius 2 is 1.42 bits per heavy atom. The van der Waals surface area contributed by atoms with Gasteiger partial charge in [-0.25, -0.2) is 0 Å². The predicted octanol–water partition coefficient (Wildman–Crippen LogP) is 9.25. The van der Waals surface area contributed by atoms with E-state index in [-0.39, 0.29) is 5.41 Å². The van der Waals surface area contributed by atoms with Gasteiger partial charge in [0.05, 0.1) is 5.52 Å². The van der Waals surface area contributed by atoms with Gasteiger partial charge in [0.15, 0.2) is 0 Å². The monoisotopic (exact) mass is 567 g/mol. The second-order valence-corrected chi connectivity index (χ2v) is 12.4. The fourth-order valence-electron chi connectivity index (χ4n) is 5.86. The Bertz CT molecular complexity index is 1650. The number of benzene rings is 4. The van der Waals surface area contributed by atoms with Crippen molar-refractivity contribution in [2.45, 2.75) is 39.0 Å². The maximum Gasteiger partial charge on any atom is 0.121 e. The van der Waals surface area contributed by atoms with Crippen LogP contribution in [0.4, 0.5) is 11.4 Å². The first-order valence-electron chi connectivity index (χ1n) is 15.4. The molecule has 1 N–H and O–H groups in total. The molecule has 0 saturated carbocycles. The summed E-state index contributed by atoms with van der Waals surface area (Å²) in [6, 6.07) is 40.4. The molecule has 0 aliphatic carbocycles. The Morgan fingerprint density at radius 1 is 0.767 bits per heavy atom. The molecule has 2 heterocycles. The smallest absolute Gasteiger partial charge is 0.121 e. The van der Waals surface area contributed by atoms with Gasteiger partial charge in [-0.05, 0) is 53.8 Å². The van der Waals surface area contributed by atoms with Crippen LogP contribution in [0.3, 0.4) is 0 Å². The second kappa shape index (κ2) is 12.8. The van der Waals surface area contributed by atoms with Gasteiger partial charge in [0.25, 0.3) is 0 Å². The van der Waals surface area contributed by atoms with Crippen molar-refractivity contribution in [2.24, 2.45) is 0 Å². The second-order valence-electron chi connectivity index (χ2n) is 12.4. The molecule has 4 nitrogen and oxygen atoms in total. The SMILES string of the molecule is CC(C)(C)c1cc(Nc2cccc(OCCN3CCC(=C(c4ccccc4)c4ccccc4)CC3)c2)c2ccccc2n1. The number of nitrogens with zero attached hydrogens (tertiary/aromatic N) is 2. The first kappa shape index (κ1) is 28.7. The quantitative estimate of drug-likeness (QED) is 0.203. The Balaban J connectivity index is 1.09. The highest BCUT2D eigenvalue weighted by Crippen LogP contribution is 2.33. The van der Waals surface area contributed by atoms with E-state index in [1.807, 2.05) is 12.1 Å². The Hall–Kier alpha value is -4.41. The van der Waals surface area contributed by atoms with Crippen LogP contribution in [0, 0.1) is 0 Å². The molecule has 218 valence electrons. The van der Waals surface area contributed by atoms with E-state index in [9.17, 15) is 0 Å². The Labute approximate surface area is 256 Å². The molecule has 0 bridgehead atoms. The molecule has 4 heteroatoms. The van der Waals surface area contributed by atoms with Crippen molar-refractivity contribution < 1.29 is 4.74 Å². The molecule has 1 aliphatic heterocycles. The van der Waals surface area contributed by atoms with Crippen molar-refractivity contribution in [2.75, 3.05) is 31.6 Å². The summed E-state index contributed by atoms with van der Waals surface area (Å²) in [5.74, 6) is 0.882. The first-order valence-corrected chi connectivity index (χ1v) is 15.4. The van der Waals surface area contributed by atoms with Crippen molar-refractivity contribution in [1.29, 1.82) is 0 Å². The van der Waals surface area contributed by atoms with E-state index >= 15 is 0 Å². The third-order valence-corrected chi connectivity index (χ3v) is 8.21. The fourth-order valence-corrected chi connectivity index (χ4v) is 5.86. The fraction of sp³-hybridized carbons (Fsp3) is 0.256. The molecular weight excluding hydrogens is 526 g/mol. The maximum absolute atomic E-state index is 6.26.